The number of rotatable bonds is 4. The Hall–Kier alpha value is -3.87. The van der Waals surface area contributed by atoms with E-state index in [-0.39, 0.29) is 5.69 Å². The van der Waals surface area contributed by atoms with Gasteiger partial charge in [0, 0.05) is 34.9 Å². The molecule has 7 nitrogen and oxygen atoms in total. The zero-order valence-electron chi connectivity index (χ0n) is 15.3. The van der Waals surface area contributed by atoms with Gasteiger partial charge in [-0.2, -0.15) is 0 Å². The van der Waals surface area contributed by atoms with Crippen molar-refractivity contribution in [2.24, 2.45) is 10.2 Å². The standard InChI is InChI=1S/C21H18N5O2/c1-16-10-12-19(13-11-16)25-15-24(18-7-3-2-4-8-18)22-21(23-25)17-6-5-9-20(14-17)26(27)28/h2-14H,15H2,1H3/q+1. The Bertz CT molecular complexity index is 1080. The van der Waals surface area contributed by atoms with E-state index >= 15 is 0 Å². The molecule has 0 aromatic heterocycles. The van der Waals surface area contributed by atoms with E-state index in [2.05, 4.69) is 10.2 Å². The molecule has 1 aliphatic rings. The van der Waals surface area contributed by atoms with Gasteiger partial charge >= 0.3 is 0 Å². The molecule has 4 rings (SSSR count). The zero-order chi connectivity index (χ0) is 19.5. The van der Waals surface area contributed by atoms with Crippen molar-refractivity contribution in [2.45, 2.75) is 6.92 Å². The van der Waals surface area contributed by atoms with Gasteiger partial charge in [0.2, 0.25) is 11.5 Å². The molecule has 138 valence electrons. The lowest BCUT2D eigenvalue weighted by Crippen LogP contribution is -2.31. The van der Waals surface area contributed by atoms with Gasteiger partial charge in [-0.15, -0.1) is 5.10 Å². The fraction of sp³-hybridized carbons (Fsp3) is 0.0952. The molecule has 3 aromatic carbocycles. The third-order valence-corrected chi connectivity index (χ3v) is 4.40. The molecule has 0 spiro atoms. The van der Waals surface area contributed by atoms with Gasteiger partial charge in [-0.1, -0.05) is 52.7 Å². The Morgan fingerprint density at radius 1 is 1.00 bits per heavy atom. The van der Waals surface area contributed by atoms with Crippen molar-refractivity contribution in [1.29, 1.82) is 0 Å². The lowest BCUT2D eigenvalue weighted by Gasteiger charge is -2.20. The van der Waals surface area contributed by atoms with Crippen LogP contribution in [0.5, 0.6) is 0 Å². The summed E-state index contributed by atoms with van der Waals surface area (Å²) < 4.78 is 1.84. The maximum Gasteiger partial charge on any atom is 0.270 e. The van der Waals surface area contributed by atoms with Gasteiger partial charge in [0.25, 0.3) is 12.4 Å². The second kappa shape index (κ2) is 7.40. The summed E-state index contributed by atoms with van der Waals surface area (Å²) in [6, 6.07) is 24.2. The molecule has 0 saturated carbocycles. The van der Waals surface area contributed by atoms with Crippen molar-refractivity contribution < 1.29 is 9.62 Å². The average Bonchev–Trinajstić information content (AvgIpc) is 2.74. The van der Waals surface area contributed by atoms with Gasteiger partial charge in [0.1, 0.15) is 0 Å². The molecule has 0 N–H and O–H groups in total. The molecule has 0 saturated heterocycles. The number of hydrogen-bond acceptors (Lipinski definition) is 5. The molecule has 1 heterocycles. The monoisotopic (exact) mass is 372 g/mol. The molecule has 0 amide bonds. The molecule has 0 aliphatic carbocycles. The first-order valence-corrected chi connectivity index (χ1v) is 8.82. The molecular weight excluding hydrogens is 354 g/mol. The topological polar surface area (TPSA) is 74.1 Å². The van der Waals surface area contributed by atoms with Gasteiger partial charge in [-0.05, 0) is 19.1 Å². The maximum absolute atomic E-state index is 11.2. The summed E-state index contributed by atoms with van der Waals surface area (Å²) in [5.41, 5.74) is 3.59. The average molecular weight is 372 g/mol. The van der Waals surface area contributed by atoms with Gasteiger partial charge in [0.15, 0.2) is 0 Å². The summed E-state index contributed by atoms with van der Waals surface area (Å²) in [5, 5.41) is 22.3. The molecular formula is C21H18N5O2+. The van der Waals surface area contributed by atoms with E-state index in [1.54, 1.807) is 12.1 Å². The fourth-order valence-corrected chi connectivity index (χ4v) is 2.91. The van der Waals surface area contributed by atoms with Crippen LogP contribution in [-0.4, -0.2) is 22.1 Å². The van der Waals surface area contributed by atoms with E-state index in [0.717, 1.165) is 16.9 Å². The Balaban J connectivity index is 1.80. The van der Waals surface area contributed by atoms with Crippen molar-refractivity contribution in [2.75, 3.05) is 11.7 Å². The number of azo groups is 2. The normalized spacial score (nSPS) is 13.7. The highest BCUT2D eigenvalue weighted by Crippen LogP contribution is 2.24. The number of hydrogen-bond donors (Lipinski definition) is 0. The molecule has 0 fully saturated rings. The van der Waals surface area contributed by atoms with Crippen molar-refractivity contribution in [3.05, 3.63) is 100 Å². The van der Waals surface area contributed by atoms with Crippen LogP contribution in [0.2, 0.25) is 0 Å². The minimum atomic E-state index is -0.417. The van der Waals surface area contributed by atoms with E-state index in [9.17, 15) is 10.1 Å². The van der Waals surface area contributed by atoms with Crippen LogP contribution in [0.15, 0.2) is 89.1 Å². The molecule has 28 heavy (non-hydrogen) atoms. The lowest BCUT2D eigenvalue weighted by atomic mass is 10.2. The number of nitrogens with zero attached hydrogens (tertiary/aromatic N) is 5. The van der Waals surface area contributed by atoms with Crippen LogP contribution in [0.1, 0.15) is 11.1 Å². The van der Waals surface area contributed by atoms with Gasteiger partial charge in [0.05, 0.1) is 10.6 Å². The highest BCUT2D eigenvalue weighted by molar-refractivity contribution is 6.00. The number of nitro benzene ring substituents is 1. The Kier molecular flexibility index (Phi) is 4.63. The number of nitro groups is 1. The quantitative estimate of drug-likeness (QED) is 0.374. The number of aryl methyl sites for hydroxylation is 1. The van der Waals surface area contributed by atoms with Gasteiger partial charge in [-0.3, -0.25) is 10.1 Å². The van der Waals surface area contributed by atoms with Crippen LogP contribution < -0.4 is 5.01 Å². The van der Waals surface area contributed by atoms with E-state index < -0.39 is 4.92 Å². The second-order valence-corrected chi connectivity index (χ2v) is 6.44. The molecule has 1 aliphatic heterocycles. The number of anilines is 1. The molecule has 7 heteroatoms. The first-order valence-electron chi connectivity index (χ1n) is 8.82. The van der Waals surface area contributed by atoms with Crippen molar-refractivity contribution in [3.8, 4) is 0 Å². The first-order chi connectivity index (χ1) is 13.6. The number of benzene rings is 3. The summed E-state index contributed by atoms with van der Waals surface area (Å²) in [6.07, 6.45) is 0. The highest BCUT2D eigenvalue weighted by atomic mass is 16.6. The van der Waals surface area contributed by atoms with Crippen LogP contribution in [0, 0.1) is 17.0 Å². The number of para-hydroxylation sites is 1. The predicted molar refractivity (Wildman–Crippen MR) is 107 cm³/mol. The summed E-state index contributed by atoms with van der Waals surface area (Å²) in [6.45, 7) is 2.47. The van der Waals surface area contributed by atoms with Crippen LogP contribution in [0.25, 0.3) is 0 Å². The minimum absolute atomic E-state index is 0.00844. The summed E-state index contributed by atoms with van der Waals surface area (Å²) >= 11 is 0. The number of hydrazone groups is 1. The Morgan fingerprint density at radius 2 is 1.75 bits per heavy atom. The van der Waals surface area contributed by atoms with Crippen molar-refractivity contribution in [1.82, 2.24) is 0 Å². The Morgan fingerprint density at radius 3 is 2.46 bits per heavy atom. The van der Waals surface area contributed by atoms with Crippen LogP contribution in [0.3, 0.4) is 0 Å². The summed E-state index contributed by atoms with van der Waals surface area (Å²) in [7, 11) is 0. The zero-order valence-corrected chi connectivity index (χ0v) is 15.3. The van der Waals surface area contributed by atoms with E-state index in [1.807, 2.05) is 71.2 Å². The van der Waals surface area contributed by atoms with E-state index in [1.165, 1.54) is 12.1 Å². The molecule has 0 radical (unpaired) electrons. The molecule has 0 unspecified atom stereocenters. The minimum Gasteiger partial charge on any atom is -0.258 e. The SMILES string of the molecule is Cc1ccc([N+]2=NC(c3cccc([N+](=O)[O-])c3)=NN(c3ccccc3)C2)cc1. The summed E-state index contributed by atoms with van der Waals surface area (Å²) in [5.74, 6) is 0.416. The van der Waals surface area contributed by atoms with Gasteiger partial charge in [-0.25, -0.2) is 5.01 Å². The lowest BCUT2D eigenvalue weighted by molar-refractivity contribution is -0.508. The van der Waals surface area contributed by atoms with Crippen LogP contribution in [0.4, 0.5) is 17.1 Å². The third-order valence-electron chi connectivity index (χ3n) is 4.40. The fourth-order valence-electron chi connectivity index (χ4n) is 2.91. The van der Waals surface area contributed by atoms with Gasteiger partial charge < -0.3 is 0 Å². The third kappa shape index (κ3) is 3.64. The molecule has 0 atom stereocenters. The molecule has 3 aromatic rings. The maximum atomic E-state index is 11.2. The predicted octanol–water partition coefficient (Wildman–Crippen LogP) is 4.84. The van der Waals surface area contributed by atoms with E-state index in [0.29, 0.717) is 18.1 Å². The largest absolute Gasteiger partial charge is 0.270 e. The van der Waals surface area contributed by atoms with Crippen molar-refractivity contribution >= 4 is 22.9 Å². The van der Waals surface area contributed by atoms with Crippen molar-refractivity contribution in [3.63, 3.8) is 0 Å². The summed E-state index contributed by atoms with van der Waals surface area (Å²) in [4.78, 5) is 10.7. The van der Waals surface area contributed by atoms with E-state index in [4.69, 9.17) is 0 Å². The number of non-ortho nitro benzene ring substituents is 1. The number of amidine groups is 1. The Labute approximate surface area is 162 Å². The molecule has 0 bridgehead atoms. The highest BCUT2D eigenvalue weighted by Gasteiger charge is 2.26. The first kappa shape index (κ1) is 17.5. The van der Waals surface area contributed by atoms with Crippen LogP contribution >= 0.6 is 0 Å². The van der Waals surface area contributed by atoms with Crippen LogP contribution in [-0.2, 0) is 0 Å². The smallest absolute Gasteiger partial charge is 0.258 e. The second-order valence-electron chi connectivity index (χ2n) is 6.44.